The van der Waals surface area contributed by atoms with E-state index >= 15 is 0 Å². The summed E-state index contributed by atoms with van der Waals surface area (Å²) in [7, 11) is 3.14. The number of carbonyl (C=O) groups is 2. The average Bonchev–Trinajstić information content (AvgIpc) is 3.02. The van der Waals surface area contributed by atoms with Crippen molar-refractivity contribution in [2.24, 2.45) is 5.41 Å². The Bertz CT molecular complexity index is 648. The Morgan fingerprint density at radius 1 is 1.32 bits per heavy atom. The van der Waals surface area contributed by atoms with E-state index in [0.29, 0.717) is 30.9 Å². The molecule has 0 aromatic heterocycles. The van der Waals surface area contributed by atoms with Crippen LogP contribution in [0, 0.1) is 5.41 Å². The molecule has 2 amide bonds. The normalized spacial score (nSPS) is 20.9. The first kappa shape index (κ1) is 18.9. The number of aliphatic carboxylic acids is 1. The lowest BCUT2D eigenvalue weighted by atomic mass is 9.90. The van der Waals surface area contributed by atoms with Crippen LogP contribution in [0.3, 0.4) is 0 Å². The Morgan fingerprint density at radius 2 is 2.00 bits per heavy atom. The summed E-state index contributed by atoms with van der Waals surface area (Å²) in [5.41, 5.74) is 0.0382. The third-order valence-electron chi connectivity index (χ3n) is 4.79. The minimum Gasteiger partial charge on any atom is -0.493 e. The molecule has 7 heteroatoms. The molecule has 2 N–H and O–H groups in total. The van der Waals surface area contributed by atoms with E-state index in [1.165, 1.54) is 0 Å². The number of hydrogen-bond donors (Lipinski definition) is 2. The van der Waals surface area contributed by atoms with Gasteiger partial charge < -0.3 is 24.8 Å². The molecule has 1 aliphatic rings. The predicted octanol–water partition coefficient (Wildman–Crippen LogP) is 2.66. The summed E-state index contributed by atoms with van der Waals surface area (Å²) in [4.78, 5) is 25.4. The Balaban J connectivity index is 2.10. The monoisotopic (exact) mass is 350 g/mol. The molecule has 1 heterocycles. The lowest BCUT2D eigenvalue weighted by Crippen LogP contribution is -2.42. The van der Waals surface area contributed by atoms with Crippen LogP contribution in [-0.4, -0.2) is 49.3 Å². The third kappa shape index (κ3) is 3.97. The highest BCUT2D eigenvalue weighted by molar-refractivity contribution is 5.79. The average molecular weight is 350 g/mol. The van der Waals surface area contributed by atoms with E-state index in [9.17, 15) is 14.7 Å². The van der Waals surface area contributed by atoms with Crippen molar-refractivity contribution in [3.05, 3.63) is 23.8 Å². The molecule has 2 atom stereocenters. The molecule has 0 radical (unpaired) electrons. The molecule has 2 unspecified atom stereocenters. The molecule has 1 fully saturated rings. The summed E-state index contributed by atoms with van der Waals surface area (Å²) < 4.78 is 10.6. The molecule has 1 saturated heterocycles. The number of nitrogens with zero attached hydrogens (tertiary/aromatic N) is 1. The van der Waals surface area contributed by atoms with Gasteiger partial charge in [-0.05, 0) is 37.5 Å². The Labute approximate surface area is 147 Å². The number of benzene rings is 1. The first-order chi connectivity index (χ1) is 11.8. The fourth-order valence-electron chi connectivity index (χ4n) is 3.04. The number of amides is 2. The summed E-state index contributed by atoms with van der Waals surface area (Å²) in [5, 5.41) is 12.3. The molecule has 0 spiro atoms. The van der Waals surface area contributed by atoms with Crippen LogP contribution in [0.4, 0.5) is 4.79 Å². The van der Waals surface area contributed by atoms with Crippen LogP contribution in [0.25, 0.3) is 0 Å². The minimum absolute atomic E-state index is 0.191. The summed E-state index contributed by atoms with van der Waals surface area (Å²) in [6, 6.07) is 5.11. The number of nitrogens with one attached hydrogen (secondary N) is 1. The van der Waals surface area contributed by atoms with Crippen molar-refractivity contribution in [2.75, 3.05) is 27.3 Å². The molecule has 7 nitrogen and oxygen atoms in total. The van der Waals surface area contributed by atoms with E-state index in [1.54, 1.807) is 32.1 Å². The second-order valence-electron chi connectivity index (χ2n) is 6.56. The molecular weight excluding hydrogens is 324 g/mol. The zero-order chi connectivity index (χ0) is 18.6. The highest BCUT2D eigenvalue weighted by Crippen LogP contribution is 2.32. The van der Waals surface area contributed by atoms with Crippen LogP contribution in [0.1, 0.15) is 38.3 Å². The zero-order valence-electron chi connectivity index (χ0n) is 15.2. The number of rotatable bonds is 6. The van der Waals surface area contributed by atoms with Gasteiger partial charge in [-0.1, -0.05) is 13.0 Å². The fraction of sp³-hybridized carbons (Fsp3) is 0.556. The van der Waals surface area contributed by atoms with E-state index < -0.39 is 11.4 Å². The van der Waals surface area contributed by atoms with Gasteiger partial charge >= 0.3 is 12.0 Å². The van der Waals surface area contributed by atoms with Gasteiger partial charge in [-0.25, -0.2) is 4.79 Å². The lowest BCUT2D eigenvalue weighted by molar-refractivity contribution is -0.147. The first-order valence-corrected chi connectivity index (χ1v) is 8.35. The van der Waals surface area contributed by atoms with E-state index in [4.69, 9.17) is 9.47 Å². The Morgan fingerprint density at radius 3 is 2.52 bits per heavy atom. The number of methoxy groups -OCH3 is 2. The number of hydrogen-bond acceptors (Lipinski definition) is 4. The number of carboxylic acid groups (broad SMARTS) is 1. The number of likely N-dealkylation sites (tertiary alicyclic amines) is 1. The molecule has 0 bridgehead atoms. The number of ether oxygens (including phenoxy) is 2. The van der Waals surface area contributed by atoms with Crippen molar-refractivity contribution >= 4 is 12.0 Å². The van der Waals surface area contributed by atoms with Crippen molar-refractivity contribution in [3.63, 3.8) is 0 Å². The van der Waals surface area contributed by atoms with Crippen LogP contribution in [0.5, 0.6) is 11.5 Å². The van der Waals surface area contributed by atoms with Gasteiger partial charge in [0.1, 0.15) is 0 Å². The second-order valence-corrected chi connectivity index (χ2v) is 6.56. The van der Waals surface area contributed by atoms with Gasteiger partial charge in [0.15, 0.2) is 11.5 Å². The quantitative estimate of drug-likeness (QED) is 0.823. The van der Waals surface area contributed by atoms with E-state index in [0.717, 1.165) is 5.56 Å². The van der Waals surface area contributed by atoms with Crippen molar-refractivity contribution in [1.82, 2.24) is 10.2 Å². The molecule has 2 rings (SSSR count). The van der Waals surface area contributed by atoms with Gasteiger partial charge in [0.25, 0.3) is 0 Å². The minimum atomic E-state index is -0.873. The number of carboxylic acids is 1. The topological polar surface area (TPSA) is 88.1 Å². The molecule has 0 aliphatic carbocycles. The van der Waals surface area contributed by atoms with E-state index in [-0.39, 0.29) is 18.6 Å². The van der Waals surface area contributed by atoms with Gasteiger partial charge in [-0.2, -0.15) is 0 Å². The molecule has 1 aromatic rings. The summed E-state index contributed by atoms with van der Waals surface area (Å²) >= 11 is 0. The second kappa shape index (κ2) is 7.63. The highest BCUT2D eigenvalue weighted by Gasteiger charge is 2.42. The largest absolute Gasteiger partial charge is 0.493 e. The van der Waals surface area contributed by atoms with Crippen LogP contribution in [0.15, 0.2) is 18.2 Å². The molecule has 1 aliphatic heterocycles. The Kier molecular flexibility index (Phi) is 5.77. The van der Waals surface area contributed by atoms with Gasteiger partial charge in [0.05, 0.1) is 25.7 Å². The van der Waals surface area contributed by atoms with Crippen molar-refractivity contribution in [1.29, 1.82) is 0 Å². The molecule has 25 heavy (non-hydrogen) atoms. The first-order valence-electron chi connectivity index (χ1n) is 8.35. The summed E-state index contributed by atoms with van der Waals surface area (Å²) in [6.07, 6.45) is 1.16. The maximum absolute atomic E-state index is 12.5. The van der Waals surface area contributed by atoms with Gasteiger partial charge in [0.2, 0.25) is 0 Å². The SMILES string of the molecule is CCC(NC(=O)N1CCC(C)(C(=O)O)C1)c1ccc(OC)c(OC)c1. The van der Waals surface area contributed by atoms with E-state index in [2.05, 4.69) is 5.32 Å². The molecular formula is C18H26N2O5. The zero-order valence-corrected chi connectivity index (χ0v) is 15.2. The maximum Gasteiger partial charge on any atom is 0.317 e. The van der Waals surface area contributed by atoms with Crippen molar-refractivity contribution in [2.45, 2.75) is 32.7 Å². The summed E-state index contributed by atoms with van der Waals surface area (Å²) in [6.45, 7) is 4.31. The fourth-order valence-corrected chi connectivity index (χ4v) is 3.04. The van der Waals surface area contributed by atoms with Crippen LogP contribution >= 0.6 is 0 Å². The molecule has 1 aromatic carbocycles. The van der Waals surface area contributed by atoms with Gasteiger partial charge in [0, 0.05) is 13.1 Å². The predicted molar refractivity (Wildman–Crippen MR) is 93.0 cm³/mol. The summed E-state index contributed by atoms with van der Waals surface area (Å²) in [5.74, 6) is 0.367. The molecule has 0 saturated carbocycles. The van der Waals surface area contributed by atoms with Crippen molar-refractivity contribution in [3.8, 4) is 11.5 Å². The van der Waals surface area contributed by atoms with Crippen LogP contribution in [0.2, 0.25) is 0 Å². The Hall–Kier alpha value is -2.44. The van der Waals surface area contributed by atoms with Crippen LogP contribution in [-0.2, 0) is 4.79 Å². The number of carbonyl (C=O) groups excluding carboxylic acids is 1. The lowest BCUT2D eigenvalue weighted by Gasteiger charge is -2.24. The third-order valence-corrected chi connectivity index (χ3v) is 4.79. The van der Waals surface area contributed by atoms with E-state index in [1.807, 2.05) is 19.1 Å². The number of urea groups is 1. The van der Waals surface area contributed by atoms with Gasteiger partial charge in [-0.3, -0.25) is 4.79 Å². The maximum atomic E-state index is 12.5. The highest BCUT2D eigenvalue weighted by atomic mass is 16.5. The van der Waals surface area contributed by atoms with Crippen molar-refractivity contribution < 1.29 is 24.2 Å². The van der Waals surface area contributed by atoms with Gasteiger partial charge in [-0.15, -0.1) is 0 Å². The molecule has 138 valence electrons. The standard InChI is InChI=1S/C18H26N2O5/c1-5-13(12-6-7-14(24-3)15(10-12)25-4)19-17(23)20-9-8-18(2,11-20)16(21)22/h6-7,10,13H,5,8-9,11H2,1-4H3,(H,19,23)(H,21,22). The van der Waals surface area contributed by atoms with Crippen LogP contribution < -0.4 is 14.8 Å². The smallest absolute Gasteiger partial charge is 0.317 e.